The molecule has 104 valence electrons. The summed E-state index contributed by atoms with van der Waals surface area (Å²) in [6.45, 7) is 0. The third-order valence-electron chi connectivity index (χ3n) is 3.19. The molecule has 0 atom stereocenters. The van der Waals surface area contributed by atoms with Crippen molar-refractivity contribution in [3.8, 4) is 0 Å². The number of anilines is 2. The van der Waals surface area contributed by atoms with Gasteiger partial charge in [0.05, 0.1) is 27.5 Å². The van der Waals surface area contributed by atoms with Crippen LogP contribution in [0.15, 0.2) is 54.7 Å². The molecule has 0 bridgehead atoms. The molecule has 4 nitrogen and oxygen atoms in total. The number of nitrogens with zero attached hydrogens (tertiary/aromatic N) is 1. The number of rotatable bonds is 2. The molecule has 0 aliphatic carbocycles. The van der Waals surface area contributed by atoms with Crippen molar-refractivity contribution in [2.45, 2.75) is 0 Å². The number of nitrogen functional groups attached to an aromatic ring is 1. The second-order valence-corrected chi connectivity index (χ2v) is 4.94. The van der Waals surface area contributed by atoms with E-state index in [0.29, 0.717) is 16.3 Å². The molecular weight excluding hydrogens is 286 g/mol. The van der Waals surface area contributed by atoms with Crippen LogP contribution in [0.25, 0.3) is 10.9 Å². The van der Waals surface area contributed by atoms with Crippen LogP contribution < -0.4 is 11.1 Å². The van der Waals surface area contributed by atoms with Crippen molar-refractivity contribution in [3.63, 3.8) is 0 Å². The van der Waals surface area contributed by atoms with Crippen LogP contribution in [0.3, 0.4) is 0 Å². The van der Waals surface area contributed by atoms with Crippen molar-refractivity contribution in [2.24, 2.45) is 0 Å². The van der Waals surface area contributed by atoms with Gasteiger partial charge in [-0.3, -0.25) is 9.78 Å². The molecule has 3 N–H and O–H groups in total. The van der Waals surface area contributed by atoms with Gasteiger partial charge in [-0.15, -0.1) is 0 Å². The van der Waals surface area contributed by atoms with Gasteiger partial charge in [0.1, 0.15) is 0 Å². The second kappa shape index (κ2) is 5.42. The molecule has 1 aromatic heterocycles. The van der Waals surface area contributed by atoms with Crippen molar-refractivity contribution in [1.29, 1.82) is 0 Å². The van der Waals surface area contributed by atoms with Gasteiger partial charge >= 0.3 is 0 Å². The maximum atomic E-state index is 12.4. The van der Waals surface area contributed by atoms with E-state index in [9.17, 15) is 4.79 Å². The van der Waals surface area contributed by atoms with E-state index >= 15 is 0 Å². The summed E-state index contributed by atoms with van der Waals surface area (Å²) >= 11 is 5.94. The molecule has 3 rings (SSSR count). The number of carbonyl (C=O) groups is 1. The molecule has 0 aliphatic rings. The smallest absolute Gasteiger partial charge is 0.257 e. The van der Waals surface area contributed by atoms with Gasteiger partial charge in [-0.05, 0) is 36.4 Å². The first-order chi connectivity index (χ1) is 10.2. The van der Waals surface area contributed by atoms with E-state index in [-0.39, 0.29) is 11.6 Å². The normalized spacial score (nSPS) is 10.5. The van der Waals surface area contributed by atoms with Crippen LogP contribution in [0.4, 0.5) is 11.4 Å². The standard InChI is InChI=1S/C16H12ClN3O/c17-12-6-1-4-11(15(12)18)16(21)20-14-8-2-7-13-10(14)5-3-9-19-13/h1-9H,18H2,(H,20,21). The first kappa shape index (κ1) is 13.4. The Morgan fingerprint density at radius 3 is 2.76 bits per heavy atom. The zero-order valence-electron chi connectivity index (χ0n) is 11.0. The van der Waals surface area contributed by atoms with Gasteiger partial charge in [-0.1, -0.05) is 23.7 Å². The Kier molecular flexibility index (Phi) is 3.46. The highest BCUT2D eigenvalue weighted by Crippen LogP contribution is 2.25. The summed E-state index contributed by atoms with van der Waals surface area (Å²) in [6.07, 6.45) is 1.71. The fourth-order valence-electron chi connectivity index (χ4n) is 2.14. The molecule has 1 amide bonds. The highest BCUT2D eigenvalue weighted by molar-refractivity contribution is 6.34. The van der Waals surface area contributed by atoms with Gasteiger partial charge in [0.25, 0.3) is 5.91 Å². The number of amides is 1. The molecule has 0 fully saturated rings. The minimum atomic E-state index is -0.300. The number of pyridine rings is 1. The quantitative estimate of drug-likeness (QED) is 0.708. The highest BCUT2D eigenvalue weighted by atomic mass is 35.5. The van der Waals surface area contributed by atoms with Crippen LogP contribution in [-0.4, -0.2) is 10.9 Å². The number of nitrogens with one attached hydrogen (secondary N) is 1. The monoisotopic (exact) mass is 297 g/mol. The summed E-state index contributed by atoms with van der Waals surface area (Å²) in [5.74, 6) is -0.300. The molecule has 5 heteroatoms. The largest absolute Gasteiger partial charge is 0.397 e. The summed E-state index contributed by atoms with van der Waals surface area (Å²) in [7, 11) is 0. The fourth-order valence-corrected chi connectivity index (χ4v) is 2.31. The number of hydrogen-bond acceptors (Lipinski definition) is 3. The number of carbonyl (C=O) groups excluding carboxylic acids is 1. The van der Waals surface area contributed by atoms with Crippen molar-refractivity contribution in [3.05, 3.63) is 65.3 Å². The maximum Gasteiger partial charge on any atom is 0.257 e. The van der Waals surface area contributed by atoms with E-state index < -0.39 is 0 Å². The number of nitrogens with two attached hydrogens (primary N) is 1. The number of halogens is 1. The minimum Gasteiger partial charge on any atom is -0.397 e. The summed E-state index contributed by atoms with van der Waals surface area (Å²) in [6, 6.07) is 14.3. The van der Waals surface area contributed by atoms with E-state index in [0.717, 1.165) is 10.9 Å². The molecule has 0 spiro atoms. The summed E-state index contributed by atoms with van der Waals surface area (Å²) in [4.78, 5) is 16.6. The fraction of sp³-hybridized carbons (Fsp3) is 0. The molecule has 0 saturated carbocycles. The van der Waals surface area contributed by atoms with E-state index in [1.54, 1.807) is 24.4 Å². The average molecular weight is 298 g/mol. The summed E-state index contributed by atoms with van der Waals surface area (Å²) < 4.78 is 0. The molecular formula is C16H12ClN3O. The zero-order chi connectivity index (χ0) is 14.8. The van der Waals surface area contributed by atoms with Crippen molar-refractivity contribution < 1.29 is 4.79 Å². The number of fused-ring (bicyclic) bond motifs is 1. The maximum absolute atomic E-state index is 12.4. The number of benzene rings is 2. The molecule has 1 heterocycles. The van der Waals surface area contributed by atoms with Gasteiger partial charge in [-0.2, -0.15) is 0 Å². The van der Waals surface area contributed by atoms with Gasteiger partial charge < -0.3 is 11.1 Å². The Morgan fingerprint density at radius 2 is 1.90 bits per heavy atom. The molecule has 21 heavy (non-hydrogen) atoms. The SMILES string of the molecule is Nc1c(Cl)cccc1C(=O)Nc1cccc2ncccc12. The minimum absolute atomic E-state index is 0.273. The van der Waals surface area contributed by atoms with Gasteiger partial charge in [-0.25, -0.2) is 0 Å². The Morgan fingerprint density at radius 1 is 1.10 bits per heavy atom. The topological polar surface area (TPSA) is 68.0 Å². The Labute approximate surface area is 126 Å². The van der Waals surface area contributed by atoms with Gasteiger partial charge in [0, 0.05) is 11.6 Å². The zero-order valence-corrected chi connectivity index (χ0v) is 11.8. The van der Waals surface area contributed by atoms with E-state index in [1.165, 1.54) is 0 Å². The van der Waals surface area contributed by atoms with Crippen LogP contribution in [0.2, 0.25) is 5.02 Å². The second-order valence-electron chi connectivity index (χ2n) is 4.53. The third kappa shape index (κ3) is 2.53. The number of para-hydroxylation sites is 1. The summed E-state index contributed by atoms with van der Waals surface area (Å²) in [5, 5.41) is 4.08. The lowest BCUT2D eigenvalue weighted by atomic mass is 10.1. The summed E-state index contributed by atoms with van der Waals surface area (Å²) in [5.41, 5.74) is 7.97. The lowest BCUT2D eigenvalue weighted by Crippen LogP contribution is -2.14. The predicted molar refractivity (Wildman–Crippen MR) is 85.6 cm³/mol. The lowest BCUT2D eigenvalue weighted by molar-refractivity contribution is 0.102. The number of hydrogen-bond donors (Lipinski definition) is 2. The first-order valence-electron chi connectivity index (χ1n) is 6.36. The van der Waals surface area contributed by atoms with Crippen molar-refractivity contribution >= 4 is 39.8 Å². The third-order valence-corrected chi connectivity index (χ3v) is 3.52. The van der Waals surface area contributed by atoms with Crippen molar-refractivity contribution in [1.82, 2.24) is 4.98 Å². The van der Waals surface area contributed by atoms with Gasteiger partial charge in [0.15, 0.2) is 0 Å². The molecule has 0 aliphatic heterocycles. The number of aromatic nitrogens is 1. The van der Waals surface area contributed by atoms with Crippen LogP contribution in [0.5, 0.6) is 0 Å². The van der Waals surface area contributed by atoms with E-state index in [2.05, 4.69) is 10.3 Å². The molecule has 3 aromatic rings. The Hall–Kier alpha value is -2.59. The first-order valence-corrected chi connectivity index (χ1v) is 6.73. The van der Waals surface area contributed by atoms with Gasteiger partial charge in [0.2, 0.25) is 0 Å². The van der Waals surface area contributed by atoms with Crippen LogP contribution in [-0.2, 0) is 0 Å². The Bertz CT molecular complexity index is 827. The van der Waals surface area contributed by atoms with E-state index in [1.807, 2.05) is 30.3 Å². The molecule has 2 aromatic carbocycles. The lowest BCUT2D eigenvalue weighted by Gasteiger charge is -2.10. The van der Waals surface area contributed by atoms with E-state index in [4.69, 9.17) is 17.3 Å². The predicted octanol–water partition coefficient (Wildman–Crippen LogP) is 3.72. The average Bonchev–Trinajstić information content (AvgIpc) is 2.50. The van der Waals surface area contributed by atoms with Crippen LogP contribution in [0.1, 0.15) is 10.4 Å². The molecule has 0 unspecified atom stereocenters. The molecule has 0 saturated heterocycles. The Balaban J connectivity index is 1.99. The van der Waals surface area contributed by atoms with Crippen molar-refractivity contribution in [2.75, 3.05) is 11.1 Å². The molecule has 0 radical (unpaired) electrons. The van der Waals surface area contributed by atoms with Crippen LogP contribution in [0, 0.1) is 0 Å². The highest BCUT2D eigenvalue weighted by Gasteiger charge is 2.13. The van der Waals surface area contributed by atoms with Crippen LogP contribution >= 0.6 is 11.6 Å².